The quantitative estimate of drug-likeness (QED) is 0.370. The van der Waals surface area contributed by atoms with Crippen LogP contribution in [0.5, 0.6) is 0 Å². The molecule has 2 aliphatic rings. The van der Waals surface area contributed by atoms with E-state index in [1.807, 2.05) is 0 Å². The van der Waals surface area contributed by atoms with Crippen LogP contribution in [0.2, 0.25) is 0 Å². The summed E-state index contributed by atoms with van der Waals surface area (Å²) >= 11 is 0. The van der Waals surface area contributed by atoms with Gasteiger partial charge in [0, 0.05) is 5.92 Å². The molecule has 1 aliphatic heterocycles. The number of cyclic esters (lactones) is 1. The first-order valence-corrected chi connectivity index (χ1v) is 3.60. The predicted octanol–water partition coefficient (Wildman–Crippen LogP) is 1.13. The van der Waals surface area contributed by atoms with E-state index in [9.17, 15) is 4.79 Å². The second-order valence-electron chi connectivity index (χ2n) is 3.15. The molecular weight excluding hydrogens is 128 g/mol. The molecule has 10 heavy (non-hydrogen) atoms. The van der Waals surface area contributed by atoms with Crippen LogP contribution in [-0.4, -0.2) is 12.6 Å². The Balaban J connectivity index is 2.19. The van der Waals surface area contributed by atoms with Crippen LogP contribution in [0.3, 0.4) is 0 Å². The number of carbonyl (C=O) groups is 1. The lowest BCUT2D eigenvalue weighted by molar-refractivity contribution is -0.141. The third-order valence-electron chi connectivity index (χ3n) is 2.37. The summed E-state index contributed by atoms with van der Waals surface area (Å²) < 4.78 is 4.89. The van der Waals surface area contributed by atoms with E-state index < -0.39 is 0 Å². The molecule has 0 aromatic rings. The van der Waals surface area contributed by atoms with Crippen LogP contribution in [0.15, 0.2) is 12.2 Å². The lowest BCUT2D eigenvalue weighted by Gasteiger charge is -1.97. The number of hydrogen-bond acceptors (Lipinski definition) is 2. The lowest BCUT2D eigenvalue weighted by Crippen LogP contribution is -2.07. The Morgan fingerprint density at radius 3 is 3.00 bits per heavy atom. The Hall–Kier alpha value is -0.790. The average molecular weight is 138 g/mol. The molecule has 0 amide bonds. The summed E-state index contributed by atoms with van der Waals surface area (Å²) in [5.74, 6) is 0.608. The van der Waals surface area contributed by atoms with E-state index in [4.69, 9.17) is 4.74 Å². The van der Waals surface area contributed by atoms with Crippen LogP contribution in [0.4, 0.5) is 0 Å². The normalized spacial score (nSPS) is 38.0. The molecular formula is C8H10O2. The molecule has 1 heterocycles. The van der Waals surface area contributed by atoms with Gasteiger partial charge in [-0.05, 0) is 12.8 Å². The first-order valence-electron chi connectivity index (χ1n) is 3.60. The summed E-state index contributed by atoms with van der Waals surface area (Å²) in [6, 6.07) is 0. The van der Waals surface area contributed by atoms with Gasteiger partial charge in [0.1, 0.15) is 0 Å². The van der Waals surface area contributed by atoms with Crippen molar-refractivity contribution in [3.8, 4) is 0 Å². The van der Waals surface area contributed by atoms with E-state index in [1.54, 1.807) is 0 Å². The number of rotatable bonds is 0. The van der Waals surface area contributed by atoms with E-state index in [1.165, 1.54) is 5.57 Å². The van der Waals surface area contributed by atoms with Crippen LogP contribution >= 0.6 is 0 Å². The highest BCUT2D eigenvalue weighted by Crippen LogP contribution is 2.39. The second kappa shape index (κ2) is 1.84. The Labute approximate surface area is 59.9 Å². The molecule has 0 N–H and O–H groups in total. The maximum atomic E-state index is 10.9. The average Bonchev–Trinajstić information content (AvgIpc) is 2.35. The highest BCUT2D eigenvalue weighted by Gasteiger charge is 2.41. The molecule has 0 radical (unpaired) electrons. The van der Waals surface area contributed by atoms with Gasteiger partial charge in [-0.2, -0.15) is 0 Å². The Morgan fingerprint density at radius 2 is 2.30 bits per heavy atom. The van der Waals surface area contributed by atoms with Gasteiger partial charge in [-0.3, -0.25) is 4.79 Å². The number of carbonyl (C=O) groups excluding carboxylic acids is 1. The van der Waals surface area contributed by atoms with Crippen molar-refractivity contribution in [1.82, 2.24) is 0 Å². The number of hydrogen-bond donors (Lipinski definition) is 0. The van der Waals surface area contributed by atoms with Crippen LogP contribution in [0.1, 0.15) is 12.8 Å². The standard InChI is InChI=1S/C8H10O2/c1-5-2-6-4-10-8(9)7(6)3-5/h6-7H,1-4H2/t6-,7-/m1/s1. The van der Waals surface area contributed by atoms with Gasteiger partial charge in [0.25, 0.3) is 0 Å². The van der Waals surface area contributed by atoms with Gasteiger partial charge < -0.3 is 4.74 Å². The minimum Gasteiger partial charge on any atom is -0.465 e. The van der Waals surface area contributed by atoms with E-state index >= 15 is 0 Å². The molecule has 1 aliphatic carbocycles. The van der Waals surface area contributed by atoms with E-state index in [2.05, 4.69) is 6.58 Å². The van der Waals surface area contributed by atoms with Crippen molar-refractivity contribution >= 4 is 5.97 Å². The number of ether oxygens (including phenoxy) is 1. The van der Waals surface area contributed by atoms with Crippen molar-refractivity contribution in [2.24, 2.45) is 11.8 Å². The second-order valence-corrected chi connectivity index (χ2v) is 3.15. The predicted molar refractivity (Wildman–Crippen MR) is 36.3 cm³/mol. The smallest absolute Gasteiger partial charge is 0.309 e. The summed E-state index contributed by atoms with van der Waals surface area (Å²) in [5, 5.41) is 0. The van der Waals surface area contributed by atoms with Gasteiger partial charge in [0.15, 0.2) is 0 Å². The lowest BCUT2D eigenvalue weighted by atomic mass is 10.0. The fourth-order valence-electron chi connectivity index (χ4n) is 1.82. The fraction of sp³-hybridized carbons (Fsp3) is 0.625. The zero-order valence-corrected chi connectivity index (χ0v) is 5.80. The highest BCUT2D eigenvalue weighted by molar-refractivity contribution is 5.75. The van der Waals surface area contributed by atoms with Gasteiger partial charge in [-0.15, -0.1) is 0 Å². The van der Waals surface area contributed by atoms with Crippen molar-refractivity contribution in [2.75, 3.05) is 6.61 Å². The van der Waals surface area contributed by atoms with Crippen LogP contribution in [-0.2, 0) is 9.53 Å². The van der Waals surface area contributed by atoms with Crippen LogP contribution < -0.4 is 0 Å². The maximum Gasteiger partial charge on any atom is 0.309 e. The molecule has 1 saturated heterocycles. The molecule has 2 fully saturated rings. The minimum atomic E-state index is -0.0105. The van der Waals surface area contributed by atoms with Crippen LogP contribution in [0, 0.1) is 11.8 Å². The first kappa shape index (κ1) is 5.96. The zero-order chi connectivity index (χ0) is 7.14. The van der Waals surface area contributed by atoms with Crippen molar-refractivity contribution in [1.29, 1.82) is 0 Å². The Morgan fingerprint density at radius 1 is 1.50 bits per heavy atom. The summed E-state index contributed by atoms with van der Waals surface area (Å²) in [6.07, 6.45) is 1.86. The zero-order valence-electron chi connectivity index (χ0n) is 5.80. The third-order valence-corrected chi connectivity index (χ3v) is 2.37. The molecule has 0 unspecified atom stereocenters. The van der Waals surface area contributed by atoms with Gasteiger partial charge in [-0.25, -0.2) is 0 Å². The summed E-state index contributed by atoms with van der Waals surface area (Å²) in [7, 11) is 0. The van der Waals surface area contributed by atoms with E-state index in [0.717, 1.165) is 12.8 Å². The van der Waals surface area contributed by atoms with E-state index in [0.29, 0.717) is 12.5 Å². The molecule has 2 atom stereocenters. The molecule has 0 aromatic heterocycles. The molecule has 0 spiro atoms. The van der Waals surface area contributed by atoms with Crippen molar-refractivity contribution in [3.63, 3.8) is 0 Å². The molecule has 2 rings (SSSR count). The highest BCUT2D eigenvalue weighted by atomic mass is 16.5. The Bertz CT molecular complexity index is 195. The third kappa shape index (κ3) is 0.681. The Kier molecular flexibility index (Phi) is 1.10. The van der Waals surface area contributed by atoms with Crippen LogP contribution in [0.25, 0.3) is 0 Å². The number of esters is 1. The summed E-state index contributed by atoms with van der Waals surface area (Å²) in [4.78, 5) is 10.9. The largest absolute Gasteiger partial charge is 0.465 e. The molecule has 2 nitrogen and oxygen atoms in total. The first-order chi connectivity index (χ1) is 4.77. The maximum absolute atomic E-state index is 10.9. The van der Waals surface area contributed by atoms with Crippen molar-refractivity contribution < 1.29 is 9.53 Å². The molecule has 2 heteroatoms. The molecule has 54 valence electrons. The molecule has 1 saturated carbocycles. The van der Waals surface area contributed by atoms with Gasteiger partial charge in [-0.1, -0.05) is 12.2 Å². The van der Waals surface area contributed by atoms with Crippen molar-refractivity contribution in [3.05, 3.63) is 12.2 Å². The molecule has 0 aromatic carbocycles. The van der Waals surface area contributed by atoms with E-state index in [-0.39, 0.29) is 11.9 Å². The van der Waals surface area contributed by atoms with Gasteiger partial charge in [0.05, 0.1) is 12.5 Å². The fourth-order valence-corrected chi connectivity index (χ4v) is 1.82. The van der Waals surface area contributed by atoms with Gasteiger partial charge in [0.2, 0.25) is 0 Å². The minimum absolute atomic E-state index is 0.0105. The van der Waals surface area contributed by atoms with Crippen molar-refractivity contribution in [2.45, 2.75) is 12.8 Å². The number of fused-ring (bicyclic) bond motifs is 1. The summed E-state index contributed by atoms with van der Waals surface area (Å²) in [5.41, 5.74) is 1.21. The SMILES string of the molecule is C=C1C[C@@H]2COC(=O)[C@@H]2C1. The summed E-state index contributed by atoms with van der Waals surface area (Å²) in [6.45, 7) is 4.49. The topological polar surface area (TPSA) is 26.3 Å². The van der Waals surface area contributed by atoms with Gasteiger partial charge >= 0.3 is 5.97 Å². The monoisotopic (exact) mass is 138 g/mol. The molecule has 0 bridgehead atoms. The number of allylic oxidation sites excluding steroid dienone is 1.